The molecule has 0 fully saturated rings. The third-order valence-electron chi connectivity index (χ3n) is 2.14. The Kier molecular flexibility index (Phi) is 5.74. The van der Waals surface area contributed by atoms with Gasteiger partial charge in [-0.1, -0.05) is 36.4 Å². The van der Waals surface area contributed by atoms with Crippen molar-refractivity contribution in [2.75, 3.05) is 11.0 Å². The van der Waals surface area contributed by atoms with Crippen LogP contribution in [-0.2, 0) is 10.0 Å². The summed E-state index contributed by atoms with van der Waals surface area (Å²) in [6.07, 6.45) is 1.05. The molecule has 3 N–H and O–H groups in total. The largest absolute Gasteiger partial charge is 0.366 e. The van der Waals surface area contributed by atoms with E-state index in [2.05, 4.69) is 4.72 Å². The number of carbonyl (C=O) groups excluding carboxylic acids is 1. The summed E-state index contributed by atoms with van der Waals surface area (Å²) >= 11 is 0. The van der Waals surface area contributed by atoms with Crippen molar-refractivity contribution in [2.45, 2.75) is 0 Å². The van der Waals surface area contributed by atoms with Gasteiger partial charge in [0.05, 0.1) is 6.26 Å². The van der Waals surface area contributed by atoms with E-state index in [9.17, 15) is 13.2 Å². The predicted octanol–water partition coefficient (Wildman–Crippen LogP) is 1.84. The maximum atomic E-state index is 10.8. The van der Waals surface area contributed by atoms with Crippen LogP contribution in [0.2, 0.25) is 0 Å². The molecule has 20 heavy (non-hydrogen) atoms. The van der Waals surface area contributed by atoms with Gasteiger partial charge in [0.2, 0.25) is 15.9 Å². The van der Waals surface area contributed by atoms with Crippen molar-refractivity contribution < 1.29 is 13.2 Å². The summed E-state index contributed by atoms with van der Waals surface area (Å²) in [4.78, 5) is 10.7. The highest BCUT2D eigenvalue weighted by Crippen LogP contribution is 2.10. The van der Waals surface area contributed by atoms with E-state index < -0.39 is 15.9 Å². The zero-order chi connectivity index (χ0) is 15.0. The summed E-state index contributed by atoms with van der Waals surface area (Å²) < 4.78 is 23.9. The van der Waals surface area contributed by atoms with Crippen molar-refractivity contribution in [3.8, 4) is 0 Å². The maximum absolute atomic E-state index is 10.8. The van der Waals surface area contributed by atoms with Gasteiger partial charge in [-0.3, -0.25) is 9.52 Å². The van der Waals surface area contributed by atoms with Crippen molar-refractivity contribution in [2.24, 2.45) is 5.73 Å². The Morgan fingerprint density at radius 3 is 1.65 bits per heavy atom. The summed E-state index contributed by atoms with van der Waals surface area (Å²) in [6, 6.07) is 17.9. The number of carbonyl (C=O) groups is 1. The van der Waals surface area contributed by atoms with Crippen molar-refractivity contribution in [3.63, 3.8) is 0 Å². The van der Waals surface area contributed by atoms with Crippen LogP contribution in [0.15, 0.2) is 60.7 Å². The molecule has 1 amide bonds. The molecule has 2 aromatic rings. The number of benzene rings is 2. The van der Waals surface area contributed by atoms with E-state index in [-0.39, 0.29) is 0 Å². The Morgan fingerprint density at radius 1 is 0.950 bits per heavy atom. The monoisotopic (exact) mass is 292 g/mol. The van der Waals surface area contributed by atoms with Crippen LogP contribution in [0.25, 0.3) is 0 Å². The van der Waals surface area contributed by atoms with E-state index in [0.717, 1.165) is 6.26 Å². The fraction of sp³-hybridized carbons (Fsp3) is 0.0714. The highest BCUT2D eigenvalue weighted by Gasteiger charge is 2.03. The standard InChI is InChI=1S/C8H10N2O3S.C6H6/c1-14(12,13)10-7-4-2-6(3-5-7)8(9)11;1-2-4-6-5-3-1/h2-5,10H,1H3,(H2,9,11);1-6H. The van der Waals surface area contributed by atoms with Crippen LogP contribution in [0.3, 0.4) is 0 Å². The second-order valence-electron chi connectivity index (χ2n) is 3.97. The molecule has 0 saturated carbocycles. The topological polar surface area (TPSA) is 89.3 Å². The van der Waals surface area contributed by atoms with E-state index in [0.29, 0.717) is 11.3 Å². The minimum Gasteiger partial charge on any atom is -0.366 e. The van der Waals surface area contributed by atoms with Crippen molar-refractivity contribution >= 4 is 21.6 Å². The van der Waals surface area contributed by atoms with Crippen LogP contribution in [0.5, 0.6) is 0 Å². The van der Waals surface area contributed by atoms with Crippen molar-refractivity contribution in [1.29, 1.82) is 0 Å². The Labute approximate surface area is 118 Å². The minimum absolute atomic E-state index is 0.337. The molecule has 0 heterocycles. The Hall–Kier alpha value is -2.34. The van der Waals surface area contributed by atoms with E-state index in [1.807, 2.05) is 36.4 Å². The van der Waals surface area contributed by atoms with Crippen molar-refractivity contribution in [3.05, 3.63) is 66.2 Å². The number of nitrogens with two attached hydrogens (primary N) is 1. The summed E-state index contributed by atoms with van der Waals surface area (Å²) in [6.45, 7) is 0. The SMILES string of the molecule is CS(=O)(=O)Nc1ccc(C(N)=O)cc1.c1ccccc1. The number of hydrogen-bond donors (Lipinski definition) is 2. The molecule has 0 bridgehead atoms. The quantitative estimate of drug-likeness (QED) is 0.904. The van der Waals surface area contributed by atoms with Crippen LogP contribution in [0.4, 0.5) is 5.69 Å². The molecule has 0 radical (unpaired) electrons. The number of sulfonamides is 1. The molecule has 0 unspecified atom stereocenters. The summed E-state index contributed by atoms with van der Waals surface area (Å²) in [5.41, 5.74) is 5.75. The van der Waals surface area contributed by atoms with Gasteiger partial charge in [-0.25, -0.2) is 8.42 Å². The average Bonchev–Trinajstić information content (AvgIpc) is 2.40. The fourth-order valence-electron chi connectivity index (χ4n) is 1.30. The molecule has 0 atom stereocenters. The van der Waals surface area contributed by atoms with Crippen LogP contribution < -0.4 is 10.5 Å². The lowest BCUT2D eigenvalue weighted by atomic mass is 10.2. The lowest BCUT2D eigenvalue weighted by molar-refractivity contribution is 0.100. The molecule has 2 aromatic carbocycles. The molecule has 0 aliphatic rings. The lowest BCUT2D eigenvalue weighted by Gasteiger charge is -2.03. The van der Waals surface area contributed by atoms with E-state index >= 15 is 0 Å². The molecule has 0 aromatic heterocycles. The fourth-order valence-corrected chi connectivity index (χ4v) is 1.87. The van der Waals surface area contributed by atoms with Crippen LogP contribution in [-0.4, -0.2) is 20.6 Å². The molecular formula is C14H16N2O3S. The van der Waals surface area contributed by atoms with Gasteiger partial charge in [0.15, 0.2) is 0 Å². The van der Waals surface area contributed by atoms with Gasteiger partial charge >= 0.3 is 0 Å². The first-order valence-electron chi connectivity index (χ1n) is 5.76. The number of rotatable bonds is 3. The molecule has 0 spiro atoms. The average molecular weight is 292 g/mol. The minimum atomic E-state index is -3.28. The number of primary amides is 1. The highest BCUT2D eigenvalue weighted by atomic mass is 32.2. The normalized spacial score (nSPS) is 10.1. The number of hydrogen-bond acceptors (Lipinski definition) is 3. The molecule has 6 heteroatoms. The zero-order valence-corrected chi connectivity index (χ0v) is 11.8. The molecule has 0 aliphatic heterocycles. The zero-order valence-electron chi connectivity index (χ0n) is 11.0. The Balaban J connectivity index is 0.000000276. The van der Waals surface area contributed by atoms with Gasteiger partial charge in [-0.15, -0.1) is 0 Å². The number of anilines is 1. The van der Waals surface area contributed by atoms with Gasteiger partial charge in [-0.05, 0) is 24.3 Å². The second-order valence-corrected chi connectivity index (χ2v) is 5.72. The maximum Gasteiger partial charge on any atom is 0.248 e. The first-order chi connectivity index (χ1) is 9.38. The third kappa shape index (κ3) is 6.55. The van der Waals surface area contributed by atoms with E-state index in [4.69, 9.17) is 5.73 Å². The molecule has 2 rings (SSSR count). The number of nitrogens with one attached hydrogen (secondary N) is 1. The highest BCUT2D eigenvalue weighted by molar-refractivity contribution is 7.92. The predicted molar refractivity (Wildman–Crippen MR) is 79.9 cm³/mol. The van der Waals surface area contributed by atoms with Gasteiger partial charge in [-0.2, -0.15) is 0 Å². The lowest BCUT2D eigenvalue weighted by Crippen LogP contribution is -2.12. The Morgan fingerprint density at radius 2 is 1.35 bits per heavy atom. The van der Waals surface area contributed by atoms with E-state index in [1.54, 1.807) is 0 Å². The molecule has 0 aliphatic carbocycles. The first-order valence-corrected chi connectivity index (χ1v) is 7.65. The molecule has 106 valence electrons. The van der Waals surface area contributed by atoms with Crippen molar-refractivity contribution in [1.82, 2.24) is 0 Å². The smallest absolute Gasteiger partial charge is 0.248 e. The Bertz CT molecular complexity index is 611. The van der Waals surface area contributed by atoms with Crippen LogP contribution >= 0.6 is 0 Å². The summed E-state index contributed by atoms with van der Waals surface area (Å²) in [7, 11) is -3.28. The van der Waals surface area contributed by atoms with Gasteiger partial charge in [0.25, 0.3) is 0 Å². The van der Waals surface area contributed by atoms with Crippen LogP contribution in [0, 0.1) is 0 Å². The first kappa shape index (κ1) is 15.7. The second kappa shape index (κ2) is 7.30. The third-order valence-corrected chi connectivity index (χ3v) is 2.75. The molecular weight excluding hydrogens is 276 g/mol. The van der Waals surface area contributed by atoms with Crippen LogP contribution in [0.1, 0.15) is 10.4 Å². The van der Waals surface area contributed by atoms with E-state index in [1.165, 1.54) is 24.3 Å². The van der Waals surface area contributed by atoms with Gasteiger partial charge in [0.1, 0.15) is 0 Å². The molecule has 0 saturated heterocycles. The summed E-state index contributed by atoms with van der Waals surface area (Å²) in [5.74, 6) is -0.545. The number of amides is 1. The van der Waals surface area contributed by atoms with Gasteiger partial charge < -0.3 is 5.73 Å². The summed E-state index contributed by atoms with van der Waals surface area (Å²) in [5, 5.41) is 0. The van der Waals surface area contributed by atoms with Gasteiger partial charge in [0, 0.05) is 11.3 Å². The molecule has 5 nitrogen and oxygen atoms in total.